The van der Waals surface area contributed by atoms with Gasteiger partial charge in [0.25, 0.3) is 5.91 Å². The van der Waals surface area contributed by atoms with Crippen molar-refractivity contribution >= 4 is 17.5 Å². The minimum absolute atomic E-state index is 0.00924. The van der Waals surface area contributed by atoms with E-state index in [2.05, 4.69) is 10.2 Å². The highest BCUT2D eigenvalue weighted by atomic mass is 35.5. The van der Waals surface area contributed by atoms with E-state index >= 15 is 0 Å². The molecule has 1 fully saturated rings. The van der Waals surface area contributed by atoms with Crippen LogP contribution in [0.1, 0.15) is 46.1 Å². The Bertz CT molecular complexity index is 1060. The van der Waals surface area contributed by atoms with Gasteiger partial charge in [-0.2, -0.15) is 5.10 Å². The van der Waals surface area contributed by atoms with E-state index in [4.69, 9.17) is 11.6 Å². The van der Waals surface area contributed by atoms with Crippen LogP contribution >= 0.6 is 11.6 Å². The zero-order chi connectivity index (χ0) is 20.4. The number of hydrogen-bond donors (Lipinski definition) is 1. The summed E-state index contributed by atoms with van der Waals surface area (Å²) in [7, 11) is 0. The highest BCUT2D eigenvalue weighted by molar-refractivity contribution is 6.30. The van der Waals surface area contributed by atoms with Crippen LogP contribution in [0.2, 0.25) is 5.02 Å². The quantitative estimate of drug-likeness (QED) is 0.714. The lowest BCUT2D eigenvalue weighted by Crippen LogP contribution is -2.38. The molecule has 0 radical (unpaired) electrons. The molecule has 1 aliphatic rings. The molecule has 1 amide bonds. The Balaban J connectivity index is 1.46. The van der Waals surface area contributed by atoms with Gasteiger partial charge < -0.3 is 4.90 Å². The number of rotatable bonds is 4. The van der Waals surface area contributed by atoms with Crippen LogP contribution in [0, 0.1) is 6.92 Å². The Morgan fingerprint density at radius 2 is 1.90 bits per heavy atom. The van der Waals surface area contributed by atoms with Crippen LogP contribution in [0.25, 0.3) is 0 Å². The molecular formula is C22H23ClN4O2. The zero-order valence-corrected chi connectivity index (χ0v) is 17.0. The van der Waals surface area contributed by atoms with E-state index in [1.54, 1.807) is 28.8 Å². The Labute approximate surface area is 174 Å². The van der Waals surface area contributed by atoms with Crippen molar-refractivity contribution in [3.05, 3.63) is 86.6 Å². The number of nitrogens with one attached hydrogen (secondary N) is 1. The van der Waals surface area contributed by atoms with Crippen LogP contribution in [-0.4, -0.2) is 38.7 Å². The largest absolute Gasteiger partial charge is 0.343 e. The van der Waals surface area contributed by atoms with E-state index in [0.29, 0.717) is 30.2 Å². The van der Waals surface area contributed by atoms with Gasteiger partial charge in [0.2, 0.25) is 0 Å². The number of carbonyl (C=O) groups is 1. The van der Waals surface area contributed by atoms with Crippen LogP contribution in [0.5, 0.6) is 0 Å². The summed E-state index contributed by atoms with van der Waals surface area (Å²) in [6.07, 6.45) is 1.54. The molecule has 29 heavy (non-hydrogen) atoms. The van der Waals surface area contributed by atoms with Gasteiger partial charge in [-0.3, -0.25) is 9.36 Å². The summed E-state index contributed by atoms with van der Waals surface area (Å²) >= 11 is 6.01. The highest BCUT2D eigenvalue weighted by Gasteiger charge is 2.28. The maximum absolute atomic E-state index is 12.7. The summed E-state index contributed by atoms with van der Waals surface area (Å²) in [6, 6.07) is 15.2. The van der Waals surface area contributed by atoms with E-state index in [9.17, 15) is 9.59 Å². The van der Waals surface area contributed by atoms with Crippen LogP contribution < -0.4 is 5.69 Å². The van der Waals surface area contributed by atoms with Gasteiger partial charge in [-0.05, 0) is 43.5 Å². The number of aromatic amines is 1. The zero-order valence-electron chi connectivity index (χ0n) is 16.3. The van der Waals surface area contributed by atoms with Gasteiger partial charge in [-0.15, -0.1) is 0 Å². The molecule has 6 nitrogen and oxygen atoms in total. The monoisotopic (exact) mass is 410 g/mol. The number of halogens is 1. The second-order valence-electron chi connectivity index (χ2n) is 7.54. The first-order valence-corrected chi connectivity index (χ1v) is 10.1. The van der Waals surface area contributed by atoms with Crippen molar-refractivity contribution < 1.29 is 4.79 Å². The van der Waals surface area contributed by atoms with Crippen LogP contribution in [0.4, 0.5) is 0 Å². The number of piperidine rings is 1. The lowest BCUT2D eigenvalue weighted by molar-refractivity contribution is 0.0710. The predicted molar refractivity (Wildman–Crippen MR) is 112 cm³/mol. The third kappa shape index (κ3) is 4.27. The number of aryl methyl sites for hydroxylation is 1. The molecule has 1 N–H and O–H groups in total. The molecule has 0 bridgehead atoms. The standard InChI is InChI=1S/C22H23ClN4O2/c1-15-5-7-16(8-6-15)14-27-20(24-25-22(27)29)17-9-11-26(12-10-17)21(28)18-3-2-4-19(23)13-18/h2-8,13,17H,9-12,14H2,1H3,(H,25,29). The van der Waals surface area contributed by atoms with E-state index in [1.807, 2.05) is 36.1 Å². The van der Waals surface area contributed by atoms with Crippen molar-refractivity contribution in [1.29, 1.82) is 0 Å². The highest BCUT2D eigenvalue weighted by Crippen LogP contribution is 2.27. The first-order chi connectivity index (χ1) is 14.0. The molecule has 1 saturated heterocycles. The Kier molecular flexibility index (Phi) is 5.53. The third-order valence-electron chi connectivity index (χ3n) is 5.47. The summed E-state index contributed by atoms with van der Waals surface area (Å²) in [6.45, 7) is 3.79. The SMILES string of the molecule is Cc1ccc(Cn2c(C3CCN(C(=O)c4cccc(Cl)c4)CC3)n[nH]c2=O)cc1. The van der Waals surface area contributed by atoms with E-state index < -0.39 is 0 Å². The molecule has 1 aromatic heterocycles. The minimum atomic E-state index is -0.196. The average molecular weight is 411 g/mol. The number of likely N-dealkylation sites (tertiary alicyclic amines) is 1. The molecule has 4 rings (SSSR count). The van der Waals surface area contributed by atoms with Crippen molar-refractivity contribution in [2.45, 2.75) is 32.2 Å². The molecule has 1 aliphatic heterocycles. The molecule has 3 aromatic rings. The van der Waals surface area contributed by atoms with E-state index in [0.717, 1.165) is 24.2 Å². The van der Waals surface area contributed by atoms with Crippen LogP contribution in [0.3, 0.4) is 0 Å². The van der Waals surface area contributed by atoms with Gasteiger partial charge in [0.15, 0.2) is 0 Å². The predicted octanol–water partition coefficient (Wildman–Crippen LogP) is 3.60. The smallest absolute Gasteiger partial charge is 0.339 e. The summed E-state index contributed by atoms with van der Waals surface area (Å²) in [4.78, 5) is 26.9. The van der Waals surface area contributed by atoms with Gasteiger partial charge >= 0.3 is 5.69 Å². The lowest BCUT2D eigenvalue weighted by Gasteiger charge is -2.31. The number of aromatic nitrogens is 3. The van der Waals surface area contributed by atoms with Crippen LogP contribution in [0.15, 0.2) is 53.3 Å². The van der Waals surface area contributed by atoms with Gasteiger partial charge in [-0.25, -0.2) is 9.89 Å². The summed E-state index contributed by atoms with van der Waals surface area (Å²) < 4.78 is 1.71. The summed E-state index contributed by atoms with van der Waals surface area (Å²) in [5, 5.41) is 7.45. The normalized spacial score (nSPS) is 14.9. The van der Waals surface area contributed by atoms with Gasteiger partial charge in [0.05, 0.1) is 6.54 Å². The Morgan fingerprint density at radius 3 is 2.59 bits per heavy atom. The average Bonchev–Trinajstić information content (AvgIpc) is 3.09. The molecule has 150 valence electrons. The molecule has 0 spiro atoms. The number of H-pyrrole nitrogens is 1. The fourth-order valence-electron chi connectivity index (χ4n) is 3.82. The van der Waals surface area contributed by atoms with Crippen molar-refractivity contribution in [2.75, 3.05) is 13.1 Å². The maximum atomic E-state index is 12.7. The first-order valence-electron chi connectivity index (χ1n) is 9.77. The lowest BCUT2D eigenvalue weighted by atomic mass is 9.95. The number of nitrogens with zero attached hydrogens (tertiary/aromatic N) is 3. The van der Waals surface area contributed by atoms with Crippen molar-refractivity contribution in [2.24, 2.45) is 0 Å². The molecule has 0 atom stereocenters. The number of carbonyl (C=O) groups excluding carboxylic acids is 1. The summed E-state index contributed by atoms with van der Waals surface area (Å²) in [5.41, 5.74) is 2.66. The van der Waals surface area contributed by atoms with Crippen molar-refractivity contribution in [3.8, 4) is 0 Å². The molecule has 0 saturated carbocycles. The topological polar surface area (TPSA) is 71.0 Å². The number of amides is 1. The maximum Gasteiger partial charge on any atom is 0.343 e. The first kappa shape index (κ1) is 19.5. The number of hydrogen-bond acceptors (Lipinski definition) is 3. The molecule has 0 aliphatic carbocycles. The van der Waals surface area contributed by atoms with E-state index in [1.165, 1.54) is 5.56 Å². The molecule has 2 heterocycles. The van der Waals surface area contributed by atoms with Crippen molar-refractivity contribution in [1.82, 2.24) is 19.7 Å². The molecule has 0 unspecified atom stereocenters. The van der Waals surface area contributed by atoms with Crippen LogP contribution in [-0.2, 0) is 6.54 Å². The summed E-state index contributed by atoms with van der Waals surface area (Å²) in [5.74, 6) is 0.901. The van der Waals surface area contributed by atoms with E-state index in [-0.39, 0.29) is 17.5 Å². The van der Waals surface area contributed by atoms with Crippen molar-refractivity contribution in [3.63, 3.8) is 0 Å². The number of benzene rings is 2. The molecule has 7 heteroatoms. The van der Waals surface area contributed by atoms with Gasteiger partial charge in [0.1, 0.15) is 5.82 Å². The van der Waals surface area contributed by atoms with Gasteiger partial charge in [0, 0.05) is 29.6 Å². The fraction of sp³-hybridized carbons (Fsp3) is 0.318. The van der Waals surface area contributed by atoms with Gasteiger partial charge in [-0.1, -0.05) is 47.5 Å². The second-order valence-corrected chi connectivity index (χ2v) is 7.97. The fourth-order valence-corrected chi connectivity index (χ4v) is 4.01. The molecular weight excluding hydrogens is 388 g/mol. The Morgan fingerprint density at radius 1 is 1.17 bits per heavy atom. The Hall–Kier alpha value is -2.86. The minimum Gasteiger partial charge on any atom is -0.339 e. The third-order valence-corrected chi connectivity index (χ3v) is 5.70. The second kappa shape index (κ2) is 8.25. The molecule has 2 aromatic carbocycles.